The van der Waals surface area contributed by atoms with Crippen LogP contribution < -0.4 is 14.8 Å². The van der Waals surface area contributed by atoms with Gasteiger partial charge in [-0.25, -0.2) is 0 Å². The normalized spacial score (nSPS) is 21.6. The minimum Gasteiger partial charge on any atom is -0.507 e. The van der Waals surface area contributed by atoms with Crippen LogP contribution in [0, 0.1) is 5.92 Å². The summed E-state index contributed by atoms with van der Waals surface area (Å²) < 4.78 is 10.6. The summed E-state index contributed by atoms with van der Waals surface area (Å²) in [6, 6.07) is 3.49. The molecule has 20 heavy (non-hydrogen) atoms. The Hall–Kier alpha value is -1.46. The van der Waals surface area contributed by atoms with Gasteiger partial charge in [0, 0.05) is 24.7 Å². The topological polar surface area (TPSA) is 54.0 Å². The number of nitrogens with one attached hydrogen (secondary N) is 1. The monoisotopic (exact) mass is 278 g/mol. The van der Waals surface area contributed by atoms with E-state index >= 15 is 0 Å². The largest absolute Gasteiger partial charge is 0.507 e. The number of phenols is 1. The number of benzene rings is 1. The maximum absolute atomic E-state index is 9.96. The fraction of sp³-hybridized carbons (Fsp3) is 0.600. The van der Waals surface area contributed by atoms with E-state index < -0.39 is 0 Å². The molecule has 1 atom stereocenters. The van der Waals surface area contributed by atoms with Crippen molar-refractivity contribution in [1.29, 1.82) is 0 Å². The van der Waals surface area contributed by atoms with Crippen molar-refractivity contribution in [3.8, 4) is 17.2 Å². The first-order valence-electron chi connectivity index (χ1n) is 7.31. The van der Waals surface area contributed by atoms with Crippen molar-refractivity contribution in [2.45, 2.75) is 19.9 Å². The predicted octanol–water partition coefficient (Wildman–Crippen LogP) is 1.55. The summed E-state index contributed by atoms with van der Waals surface area (Å²) in [5.41, 5.74) is 0.861. The smallest absolute Gasteiger partial charge is 0.231 e. The Morgan fingerprint density at radius 2 is 2.15 bits per heavy atom. The van der Waals surface area contributed by atoms with E-state index in [4.69, 9.17) is 9.47 Å². The minimum absolute atomic E-state index is 0.237. The SMILES string of the molecule is CCN1CCC(CNCc2cc3c(cc2O)OCO3)C1. The Bertz CT molecular complexity index is 478. The molecule has 1 saturated heterocycles. The van der Waals surface area contributed by atoms with Crippen LogP contribution in [0.5, 0.6) is 17.2 Å². The molecule has 0 amide bonds. The molecular formula is C15H22N2O3. The fourth-order valence-corrected chi connectivity index (χ4v) is 2.89. The number of hydrogen-bond donors (Lipinski definition) is 2. The standard InChI is InChI=1S/C15H22N2O3/c1-2-17-4-3-11(9-17)7-16-8-12-5-14-15(6-13(12)18)20-10-19-14/h5-6,11,16,18H,2-4,7-10H2,1H3. The molecule has 2 aliphatic heterocycles. The molecule has 1 unspecified atom stereocenters. The van der Waals surface area contributed by atoms with Crippen molar-refractivity contribution >= 4 is 0 Å². The van der Waals surface area contributed by atoms with Gasteiger partial charge in [0.15, 0.2) is 11.5 Å². The fourth-order valence-electron chi connectivity index (χ4n) is 2.89. The lowest BCUT2D eigenvalue weighted by Crippen LogP contribution is -2.26. The van der Waals surface area contributed by atoms with Gasteiger partial charge in [-0.1, -0.05) is 6.92 Å². The van der Waals surface area contributed by atoms with E-state index in [0.29, 0.717) is 18.2 Å². The highest BCUT2D eigenvalue weighted by atomic mass is 16.7. The third-order valence-electron chi connectivity index (χ3n) is 4.14. The molecule has 110 valence electrons. The molecule has 3 rings (SSSR count). The quantitative estimate of drug-likeness (QED) is 0.856. The van der Waals surface area contributed by atoms with E-state index in [1.54, 1.807) is 6.07 Å². The zero-order valence-electron chi connectivity index (χ0n) is 11.9. The molecule has 1 aromatic rings. The third kappa shape index (κ3) is 2.83. The van der Waals surface area contributed by atoms with Crippen LogP contribution in [0.3, 0.4) is 0 Å². The zero-order valence-corrected chi connectivity index (χ0v) is 11.9. The molecule has 0 bridgehead atoms. The number of nitrogens with zero attached hydrogens (tertiary/aromatic N) is 1. The molecule has 5 heteroatoms. The van der Waals surface area contributed by atoms with Gasteiger partial charge < -0.3 is 24.8 Å². The number of phenolic OH excluding ortho intramolecular Hbond substituents is 1. The van der Waals surface area contributed by atoms with E-state index in [-0.39, 0.29) is 12.5 Å². The van der Waals surface area contributed by atoms with E-state index in [2.05, 4.69) is 17.1 Å². The van der Waals surface area contributed by atoms with Gasteiger partial charge in [-0.2, -0.15) is 0 Å². The lowest BCUT2D eigenvalue weighted by atomic mass is 10.1. The molecule has 0 radical (unpaired) electrons. The molecule has 2 aliphatic rings. The van der Waals surface area contributed by atoms with Crippen LogP contribution in [-0.2, 0) is 6.54 Å². The first-order chi connectivity index (χ1) is 9.76. The maximum atomic E-state index is 9.96. The van der Waals surface area contributed by atoms with Crippen molar-refractivity contribution in [3.63, 3.8) is 0 Å². The van der Waals surface area contributed by atoms with Crippen LogP contribution in [0.1, 0.15) is 18.9 Å². The molecule has 0 aliphatic carbocycles. The van der Waals surface area contributed by atoms with E-state index in [1.807, 2.05) is 6.07 Å². The predicted molar refractivity (Wildman–Crippen MR) is 76.2 cm³/mol. The first-order valence-corrected chi connectivity index (χ1v) is 7.31. The molecule has 1 aromatic carbocycles. The van der Waals surface area contributed by atoms with Crippen molar-refractivity contribution in [3.05, 3.63) is 17.7 Å². The Balaban J connectivity index is 1.51. The van der Waals surface area contributed by atoms with Gasteiger partial charge in [0.1, 0.15) is 5.75 Å². The number of ether oxygens (including phenoxy) is 2. The number of rotatable bonds is 5. The van der Waals surface area contributed by atoms with Gasteiger partial charge in [0.2, 0.25) is 6.79 Å². The van der Waals surface area contributed by atoms with Crippen molar-refractivity contribution < 1.29 is 14.6 Å². The van der Waals surface area contributed by atoms with Crippen LogP contribution >= 0.6 is 0 Å². The summed E-state index contributed by atoms with van der Waals surface area (Å²) in [5.74, 6) is 2.33. The van der Waals surface area contributed by atoms with Gasteiger partial charge in [-0.3, -0.25) is 0 Å². The van der Waals surface area contributed by atoms with E-state index in [1.165, 1.54) is 19.5 Å². The van der Waals surface area contributed by atoms with Crippen LogP contribution in [0.2, 0.25) is 0 Å². The average Bonchev–Trinajstić information content (AvgIpc) is 3.07. The van der Waals surface area contributed by atoms with E-state index in [9.17, 15) is 5.11 Å². The molecule has 2 N–H and O–H groups in total. The summed E-state index contributed by atoms with van der Waals surface area (Å²) in [4.78, 5) is 2.48. The van der Waals surface area contributed by atoms with Gasteiger partial charge in [0.05, 0.1) is 0 Å². The van der Waals surface area contributed by atoms with Crippen molar-refractivity contribution in [1.82, 2.24) is 10.2 Å². The Kier molecular flexibility index (Phi) is 3.98. The van der Waals surface area contributed by atoms with Crippen molar-refractivity contribution in [2.24, 2.45) is 5.92 Å². The maximum Gasteiger partial charge on any atom is 0.231 e. The second-order valence-corrected chi connectivity index (χ2v) is 5.51. The molecule has 2 heterocycles. The lowest BCUT2D eigenvalue weighted by molar-refractivity contribution is 0.174. The molecule has 0 saturated carbocycles. The number of fused-ring (bicyclic) bond motifs is 1. The second-order valence-electron chi connectivity index (χ2n) is 5.51. The lowest BCUT2D eigenvalue weighted by Gasteiger charge is -2.14. The Morgan fingerprint density at radius 1 is 1.35 bits per heavy atom. The molecule has 0 spiro atoms. The molecule has 5 nitrogen and oxygen atoms in total. The van der Waals surface area contributed by atoms with Gasteiger partial charge >= 0.3 is 0 Å². The summed E-state index contributed by atoms with van der Waals surface area (Å²) in [6.07, 6.45) is 1.26. The summed E-state index contributed by atoms with van der Waals surface area (Å²) >= 11 is 0. The minimum atomic E-state index is 0.237. The van der Waals surface area contributed by atoms with Gasteiger partial charge in [-0.05, 0) is 38.0 Å². The van der Waals surface area contributed by atoms with Crippen LogP contribution in [0.4, 0.5) is 0 Å². The highest BCUT2D eigenvalue weighted by Gasteiger charge is 2.21. The summed E-state index contributed by atoms with van der Waals surface area (Å²) in [5, 5.41) is 13.4. The summed E-state index contributed by atoms with van der Waals surface area (Å²) in [7, 11) is 0. The number of aromatic hydroxyl groups is 1. The number of hydrogen-bond acceptors (Lipinski definition) is 5. The molecule has 1 fully saturated rings. The van der Waals surface area contributed by atoms with Crippen LogP contribution in [0.15, 0.2) is 12.1 Å². The van der Waals surface area contributed by atoms with Gasteiger partial charge in [0.25, 0.3) is 0 Å². The summed E-state index contributed by atoms with van der Waals surface area (Å²) in [6.45, 7) is 7.62. The Labute approximate surface area is 119 Å². The molecule has 0 aromatic heterocycles. The van der Waals surface area contributed by atoms with Crippen LogP contribution in [0.25, 0.3) is 0 Å². The Morgan fingerprint density at radius 3 is 2.90 bits per heavy atom. The average molecular weight is 278 g/mol. The van der Waals surface area contributed by atoms with Crippen molar-refractivity contribution in [2.75, 3.05) is 33.0 Å². The zero-order chi connectivity index (χ0) is 13.9. The third-order valence-corrected chi connectivity index (χ3v) is 4.14. The van der Waals surface area contributed by atoms with Gasteiger partial charge in [-0.15, -0.1) is 0 Å². The van der Waals surface area contributed by atoms with E-state index in [0.717, 1.165) is 24.4 Å². The second kappa shape index (κ2) is 5.89. The van der Waals surface area contributed by atoms with Crippen LogP contribution in [-0.4, -0.2) is 43.0 Å². The molecular weight excluding hydrogens is 256 g/mol. The highest BCUT2D eigenvalue weighted by Crippen LogP contribution is 2.37. The first kappa shape index (κ1) is 13.5. The number of likely N-dealkylation sites (tertiary alicyclic amines) is 1. The highest BCUT2D eigenvalue weighted by molar-refractivity contribution is 5.51.